The molecule has 1 aromatic heterocycles. The maximum atomic E-state index is 11.2. The van der Waals surface area contributed by atoms with Crippen molar-refractivity contribution in [2.45, 2.75) is 32.0 Å². The van der Waals surface area contributed by atoms with Crippen molar-refractivity contribution < 1.29 is 14.6 Å². The van der Waals surface area contributed by atoms with Gasteiger partial charge in [-0.25, -0.2) is 9.78 Å². The molecule has 0 aromatic carbocycles. The third-order valence-corrected chi connectivity index (χ3v) is 2.52. The Morgan fingerprint density at radius 1 is 1.62 bits per heavy atom. The van der Waals surface area contributed by atoms with E-state index in [4.69, 9.17) is 9.84 Å². The standard InChI is InChI=1S/C10H12N2O4/c1-5-2-3-7(16-5)9-11-6(10(14)15)4-8(13)12-9/h4-5,7H,2-3H2,1H3,(H,14,15)(H,11,12,13). The number of aromatic nitrogens is 2. The summed E-state index contributed by atoms with van der Waals surface area (Å²) < 4.78 is 5.51. The monoisotopic (exact) mass is 224 g/mol. The molecule has 2 heterocycles. The number of hydrogen-bond donors (Lipinski definition) is 2. The highest BCUT2D eigenvalue weighted by Gasteiger charge is 2.26. The molecule has 16 heavy (non-hydrogen) atoms. The predicted octanol–water partition coefficient (Wildman–Crippen LogP) is 0.708. The highest BCUT2D eigenvalue weighted by Crippen LogP contribution is 2.29. The Kier molecular flexibility index (Phi) is 2.74. The molecule has 2 rings (SSSR count). The number of H-pyrrole nitrogens is 1. The molecule has 0 saturated carbocycles. The average Bonchev–Trinajstić information content (AvgIpc) is 2.64. The molecular formula is C10H12N2O4. The summed E-state index contributed by atoms with van der Waals surface area (Å²) in [6.45, 7) is 1.93. The van der Waals surface area contributed by atoms with Gasteiger partial charge in [0, 0.05) is 6.07 Å². The number of carbonyl (C=O) groups is 1. The van der Waals surface area contributed by atoms with Crippen molar-refractivity contribution in [3.8, 4) is 0 Å². The van der Waals surface area contributed by atoms with Gasteiger partial charge in [0.15, 0.2) is 5.69 Å². The van der Waals surface area contributed by atoms with Crippen LogP contribution in [-0.2, 0) is 4.74 Å². The van der Waals surface area contributed by atoms with E-state index >= 15 is 0 Å². The van der Waals surface area contributed by atoms with Gasteiger partial charge in [-0.15, -0.1) is 0 Å². The summed E-state index contributed by atoms with van der Waals surface area (Å²) in [5, 5.41) is 8.77. The van der Waals surface area contributed by atoms with Crippen LogP contribution in [0.3, 0.4) is 0 Å². The molecule has 6 heteroatoms. The van der Waals surface area contributed by atoms with E-state index in [1.807, 2.05) is 6.92 Å². The fraction of sp³-hybridized carbons (Fsp3) is 0.500. The normalized spacial score (nSPS) is 24.6. The van der Waals surface area contributed by atoms with Crippen LogP contribution in [0.1, 0.15) is 42.2 Å². The Hall–Kier alpha value is -1.69. The molecule has 0 radical (unpaired) electrons. The van der Waals surface area contributed by atoms with Gasteiger partial charge in [-0.1, -0.05) is 0 Å². The number of ether oxygens (including phenoxy) is 1. The first-order valence-corrected chi connectivity index (χ1v) is 5.06. The largest absolute Gasteiger partial charge is 0.477 e. The molecule has 2 atom stereocenters. The Morgan fingerprint density at radius 2 is 2.38 bits per heavy atom. The van der Waals surface area contributed by atoms with Crippen LogP contribution >= 0.6 is 0 Å². The van der Waals surface area contributed by atoms with Gasteiger partial charge in [0.05, 0.1) is 6.10 Å². The molecule has 1 saturated heterocycles. The maximum absolute atomic E-state index is 11.2. The molecule has 0 bridgehead atoms. The van der Waals surface area contributed by atoms with Gasteiger partial charge < -0.3 is 14.8 Å². The molecule has 1 aromatic rings. The van der Waals surface area contributed by atoms with Gasteiger partial charge in [-0.2, -0.15) is 0 Å². The number of aromatic amines is 1. The second-order valence-electron chi connectivity index (χ2n) is 3.83. The molecule has 0 aliphatic carbocycles. The first-order chi connectivity index (χ1) is 7.56. The van der Waals surface area contributed by atoms with Crippen LogP contribution in [0, 0.1) is 0 Å². The lowest BCUT2D eigenvalue weighted by molar-refractivity contribution is 0.0496. The van der Waals surface area contributed by atoms with Crippen molar-refractivity contribution in [3.05, 3.63) is 27.9 Å². The van der Waals surface area contributed by atoms with Crippen molar-refractivity contribution in [1.82, 2.24) is 9.97 Å². The summed E-state index contributed by atoms with van der Waals surface area (Å²) in [6, 6.07) is 0.963. The van der Waals surface area contributed by atoms with E-state index in [0.29, 0.717) is 5.82 Å². The SMILES string of the molecule is CC1CCC(c2nc(C(=O)O)cc(=O)[nH]2)O1. The highest BCUT2D eigenvalue weighted by atomic mass is 16.5. The Morgan fingerprint density at radius 3 is 2.94 bits per heavy atom. The first-order valence-electron chi connectivity index (χ1n) is 5.06. The molecule has 86 valence electrons. The number of hydrogen-bond acceptors (Lipinski definition) is 4. The lowest BCUT2D eigenvalue weighted by atomic mass is 10.2. The molecule has 2 N–H and O–H groups in total. The zero-order valence-corrected chi connectivity index (χ0v) is 8.77. The Balaban J connectivity index is 2.34. The van der Waals surface area contributed by atoms with Crippen LogP contribution in [0.5, 0.6) is 0 Å². The minimum Gasteiger partial charge on any atom is -0.477 e. The summed E-state index contributed by atoms with van der Waals surface area (Å²) in [7, 11) is 0. The molecule has 1 aliphatic heterocycles. The second-order valence-corrected chi connectivity index (χ2v) is 3.83. The molecule has 0 amide bonds. The molecular weight excluding hydrogens is 212 g/mol. The highest BCUT2D eigenvalue weighted by molar-refractivity contribution is 5.85. The van der Waals surface area contributed by atoms with Gasteiger partial charge in [-0.05, 0) is 19.8 Å². The second kappa shape index (κ2) is 4.05. The summed E-state index contributed by atoms with van der Waals surface area (Å²) in [6.07, 6.45) is 1.43. The van der Waals surface area contributed by atoms with E-state index in [9.17, 15) is 9.59 Å². The minimum absolute atomic E-state index is 0.115. The number of nitrogens with zero attached hydrogens (tertiary/aromatic N) is 1. The molecule has 1 aliphatic rings. The van der Waals surface area contributed by atoms with Crippen molar-refractivity contribution in [2.75, 3.05) is 0 Å². The molecule has 1 fully saturated rings. The zero-order chi connectivity index (χ0) is 11.7. The maximum Gasteiger partial charge on any atom is 0.354 e. The molecule has 2 unspecified atom stereocenters. The summed E-state index contributed by atoms with van der Waals surface area (Å²) >= 11 is 0. The van der Waals surface area contributed by atoms with Gasteiger partial charge in [0.2, 0.25) is 0 Å². The fourth-order valence-electron chi connectivity index (χ4n) is 1.74. The van der Waals surface area contributed by atoms with E-state index in [0.717, 1.165) is 18.9 Å². The summed E-state index contributed by atoms with van der Waals surface area (Å²) in [4.78, 5) is 28.3. The number of carboxylic acid groups (broad SMARTS) is 1. The van der Waals surface area contributed by atoms with Crippen molar-refractivity contribution >= 4 is 5.97 Å². The van der Waals surface area contributed by atoms with Crippen LogP contribution in [0.2, 0.25) is 0 Å². The van der Waals surface area contributed by atoms with E-state index in [2.05, 4.69) is 9.97 Å². The summed E-state index contributed by atoms with van der Waals surface area (Å²) in [5.74, 6) is -0.910. The van der Waals surface area contributed by atoms with Crippen LogP contribution in [0.15, 0.2) is 10.9 Å². The zero-order valence-electron chi connectivity index (χ0n) is 8.77. The first kappa shape index (κ1) is 10.8. The Bertz CT molecular complexity index is 468. The predicted molar refractivity (Wildman–Crippen MR) is 54.3 cm³/mol. The van der Waals surface area contributed by atoms with E-state index in [1.165, 1.54) is 0 Å². The third-order valence-electron chi connectivity index (χ3n) is 2.52. The lowest BCUT2D eigenvalue weighted by Crippen LogP contribution is -2.18. The lowest BCUT2D eigenvalue weighted by Gasteiger charge is -2.10. The van der Waals surface area contributed by atoms with Gasteiger partial charge in [0.25, 0.3) is 5.56 Å². The fourth-order valence-corrected chi connectivity index (χ4v) is 1.74. The van der Waals surface area contributed by atoms with Crippen LogP contribution in [0.25, 0.3) is 0 Å². The van der Waals surface area contributed by atoms with Gasteiger partial charge in [-0.3, -0.25) is 4.79 Å². The van der Waals surface area contributed by atoms with Gasteiger partial charge >= 0.3 is 5.97 Å². The van der Waals surface area contributed by atoms with Crippen molar-refractivity contribution in [1.29, 1.82) is 0 Å². The number of aromatic carboxylic acids is 1. The average molecular weight is 224 g/mol. The summed E-state index contributed by atoms with van der Waals surface area (Å²) in [5.41, 5.74) is -0.715. The van der Waals surface area contributed by atoms with E-state index in [-0.39, 0.29) is 17.9 Å². The number of rotatable bonds is 2. The van der Waals surface area contributed by atoms with Crippen LogP contribution in [0.4, 0.5) is 0 Å². The van der Waals surface area contributed by atoms with Crippen molar-refractivity contribution in [2.24, 2.45) is 0 Å². The Labute approximate surface area is 91.3 Å². The third kappa shape index (κ3) is 2.11. The van der Waals surface area contributed by atoms with E-state index < -0.39 is 11.5 Å². The number of carboxylic acids is 1. The van der Waals surface area contributed by atoms with E-state index in [1.54, 1.807) is 0 Å². The minimum atomic E-state index is -1.21. The molecule has 6 nitrogen and oxygen atoms in total. The van der Waals surface area contributed by atoms with Crippen molar-refractivity contribution in [3.63, 3.8) is 0 Å². The number of nitrogens with one attached hydrogen (secondary N) is 1. The quantitative estimate of drug-likeness (QED) is 0.771. The topological polar surface area (TPSA) is 92.3 Å². The molecule has 0 spiro atoms. The van der Waals surface area contributed by atoms with Crippen LogP contribution in [-0.4, -0.2) is 27.1 Å². The van der Waals surface area contributed by atoms with Gasteiger partial charge in [0.1, 0.15) is 11.9 Å². The van der Waals surface area contributed by atoms with Crippen LogP contribution < -0.4 is 5.56 Å². The smallest absolute Gasteiger partial charge is 0.354 e.